The molecule has 2 heterocycles. The third-order valence-corrected chi connectivity index (χ3v) is 4.28. The molecule has 0 aromatic carbocycles. The number of ether oxygens (including phenoxy) is 3. The number of nitrogens with zero attached hydrogens (tertiary/aromatic N) is 1. The Kier molecular flexibility index (Phi) is 5.86. The third-order valence-electron chi connectivity index (χ3n) is 4.28. The minimum atomic E-state index is -0.660. The van der Waals surface area contributed by atoms with Gasteiger partial charge < -0.3 is 19.5 Å². The van der Waals surface area contributed by atoms with Gasteiger partial charge in [-0.05, 0) is 25.5 Å². The van der Waals surface area contributed by atoms with E-state index in [-0.39, 0.29) is 6.54 Å². The Hall–Kier alpha value is -3.03. The Balaban J connectivity index is 2.51. The predicted molar refractivity (Wildman–Crippen MR) is 92.4 cm³/mol. The topological polar surface area (TPSA) is 94.2 Å². The number of hydrogen-bond donors (Lipinski definition) is 1. The fourth-order valence-corrected chi connectivity index (χ4v) is 3.06. The Morgan fingerprint density at radius 3 is 1.92 bits per heavy atom. The first-order valence-electron chi connectivity index (χ1n) is 7.93. The Morgan fingerprint density at radius 2 is 1.54 bits per heavy atom. The van der Waals surface area contributed by atoms with Crippen molar-refractivity contribution in [3.8, 4) is 0 Å². The largest absolute Gasteiger partial charge is 0.466 e. The summed E-state index contributed by atoms with van der Waals surface area (Å²) >= 11 is 0. The van der Waals surface area contributed by atoms with E-state index in [1.807, 2.05) is 0 Å². The number of methoxy groups -OCH3 is 3. The van der Waals surface area contributed by atoms with Gasteiger partial charge in [0.15, 0.2) is 0 Å². The molecule has 1 amide bonds. The summed E-state index contributed by atoms with van der Waals surface area (Å²) < 4.78 is 14.5. The van der Waals surface area contributed by atoms with E-state index in [0.717, 1.165) is 0 Å². The zero-order valence-electron chi connectivity index (χ0n) is 15.4. The number of hydrogen-bond acceptors (Lipinski definition) is 7. The van der Waals surface area contributed by atoms with Crippen LogP contribution in [0.5, 0.6) is 0 Å². The fraction of sp³-hybridized carbons (Fsp3) is 0.389. The highest BCUT2D eigenvalue weighted by Gasteiger charge is 2.38. The Morgan fingerprint density at radius 1 is 1.00 bits per heavy atom. The van der Waals surface area contributed by atoms with Crippen LogP contribution >= 0.6 is 0 Å². The molecule has 2 rings (SSSR count). The number of carbonyl (C=O) groups is 3. The molecule has 0 spiro atoms. The second-order valence-corrected chi connectivity index (χ2v) is 5.76. The lowest BCUT2D eigenvalue weighted by atomic mass is 9.79. The van der Waals surface area contributed by atoms with Crippen molar-refractivity contribution < 1.29 is 28.6 Å². The van der Waals surface area contributed by atoms with Crippen LogP contribution in [0, 0.1) is 5.92 Å². The molecule has 0 saturated heterocycles. The maximum Gasteiger partial charge on any atom is 0.413 e. The van der Waals surface area contributed by atoms with Crippen LogP contribution in [-0.2, 0) is 23.8 Å². The quantitative estimate of drug-likeness (QED) is 0.602. The molecule has 0 unspecified atom stereocenters. The van der Waals surface area contributed by atoms with Crippen molar-refractivity contribution in [2.75, 3.05) is 27.9 Å². The summed E-state index contributed by atoms with van der Waals surface area (Å²) in [7, 11) is 3.87. The SMILES string of the molecule is COC(=O)C1=C(C)NC(C)=C(C(=O)OC)C1C1=CCN(C(=O)OC)C=C1. The maximum atomic E-state index is 12.4. The molecule has 0 bridgehead atoms. The predicted octanol–water partition coefficient (Wildman–Crippen LogP) is 1.62. The zero-order valence-corrected chi connectivity index (χ0v) is 15.4. The lowest BCUT2D eigenvalue weighted by Gasteiger charge is -2.32. The number of carbonyl (C=O) groups excluding carboxylic acids is 3. The highest BCUT2D eigenvalue weighted by Crippen LogP contribution is 2.37. The van der Waals surface area contributed by atoms with Crippen LogP contribution < -0.4 is 5.32 Å². The second-order valence-electron chi connectivity index (χ2n) is 5.76. The van der Waals surface area contributed by atoms with Crippen molar-refractivity contribution in [1.29, 1.82) is 0 Å². The van der Waals surface area contributed by atoms with E-state index in [1.54, 1.807) is 32.2 Å². The lowest BCUT2D eigenvalue weighted by Crippen LogP contribution is -2.35. The first-order valence-corrected chi connectivity index (χ1v) is 7.93. The van der Waals surface area contributed by atoms with Gasteiger partial charge in [-0.1, -0.05) is 6.08 Å². The normalized spacial score (nSPS) is 17.6. The average Bonchev–Trinajstić information content (AvgIpc) is 2.65. The summed E-state index contributed by atoms with van der Waals surface area (Å²) in [6.07, 6.45) is 4.49. The smallest absolute Gasteiger partial charge is 0.413 e. The number of allylic oxidation sites excluding steroid dienone is 4. The van der Waals surface area contributed by atoms with E-state index < -0.39 is 23.9 Å². The van der Waals surface area contributed by atoms with Gasteiger partial charge in [0.05, 0.1) is 38.4 Å². The van der Waals surface area contributed by atoms with E-state index in [9.17, 15) is 14.4 Å². The number of rotatable bonds is 3. The van der Waals surface area contributed by atoms with Crippen LogP contribution in [0.25, 0.3) is 0 Å². The van der Waals surface area contributed by atoms with Crippen LogP contribution in [0.1, 0.15) is 13.8 Å². The van der Waals surface area contributed by atoms with Gasteiger partial charge in [-0.3, -0.25) is 4.90 Å². The average molecular weight is 362 g/mol. The van der Waals surface area contributed by atoms with Gasteiger partial charge in [0.25, 0.3) is 0 Å². The van der Waals surface area contributed by atoms with Crippen LogP contribution in [-0.4, -0.2) is 50.8 Å². The first-order chi connectivity index (χ1) is 12.3. The maximum absolute atomic E-state index is 12.4. The highest BCUT2D eigenvalue weighted by molar-refractivity contribution is 5.99. The first kappa shape index (κ1) is 19.3. The molecule has 140 valence electrons. The van der Waals surface area contributed by atoms with E-state index in [4.69, 9.17) is 9.47 Å². The van der Waals surface area contributed by atoms with Crippen LogP contribution in [0.3, 0.4) is 0 Å². The zero-order chi connectivity index (χ0) is 19.4. The van der Waals surface area contributed by atoms with Crippen molar-refractivity contribution in [3.05, 3.63) is 46.5 Å². The van der Waals surface area contributed by atoms with Gasteiger partial charge in [0.2, 0.25) is 0 Å². The molecule has 0 aliphatic carbocycles. The Labute approximate surface area is 151 Å². The summed E-state index contributed by atoms with van der Waals surface area (Å²) in [4.78, 5) is 37.8. The van der Waals surface area contributed by atoms with Crippen molar-refractivity contribution in [2.24, 2.45) is 5.92 Å². The number of amides is 1. The van der Waals surface area contributed by atoms with Gasteiger partial charge in [-0.15, -0.1) is 0 Å². The summed E-state index contributed by atoms with van der Waals surface area (Å²) in [5, 5.41) is 3.04. The van der Waals surface area contributed by atoms with Crippen molar-refractivity contribution in [3.63, 3.8) is 0 Å². The summed E-state index contributed by atoms with van der Waals surface area (Å²) in [5.74, 6) is -1.75. The molecule has 0 atom stereocenters. The minimum Gasteiger partial charge on any atom is -0.466 e. The highest BCUT2D eigenvalue weighted by atomic mass is 16.5. The molecule has 2 aliphatic heterocycles. The van der Waals surface area contributed by atoms with E-state index in [0.29, 0.717) is 28.1 Å². The molecule has 0 radical (unpaired) electrons. The summed E-state index contributed by atoms with van der Waals surface area (Å²) in [6, 6.07) is 0. The molecule has 8 heteroatoms. The monoisotopic (exact) mass is 362 g/mol. The summed E-state index contributed by atoms with van der Waals surface area (Å²) in [5.41, 5.74) is 2.52. The van der Waals surface area contributed by atoms with E-state index in [1.165, 1.54) is 26.2 Å². The number of nitrogens with one attached hydrogen (secondary N) is 1. The van der Waals surface area contributed by atoms with Gasteiger partial charge in [-0.2, -0.15) is 0 Å². The van der Waals surface area contributed by atoms with Crippen LogP contribution in [0.2, 0.25) is 0 Å². The molecule has 26 heavy (non-hydrogen) atoms. The minimum absolute atomic E-state index is 0.253. The number of esters is 2. The van der Waals surface area contributed by atoms with Gasteiger partial charge in [0, 0.05) is 24.1 Å². The molecule has 0 aromatic heterocycles. The standard InChI is InChI=1S/C18H22N2O6/c1-10-13(16(21)24-3)15(14(11(2)19-10)17(22)25-4)12-6-8-20(9-7-12)18(23)26-5/h6-8,15,19H,9H2,1-5H3. The van der Waals surface area contributed by atoms with Crippen molar-refractivity contribution in [1.82, 2.24) is 10.2 Å². The molecule has 0 saturated carbocycles. The number of dihydropyridines is 1. The van der Waals surface area contributed by atoms with Crippen molar-refractivity contribution in [2.45, 2.75) is 13.8 Å². The third kappa shape index (κ3) is 3.49. The molecule has 8 nitrogen and oxygen atoms in total. The Bertz CT molecular complexity index is 722. The van der Waals surface area contributed by atoms with E-state index in [2.05, 4.69) is 10.1 Å². The van der Waals surface area contributed by atoms with Gasteiger partial charge in [0.1, 0.15) is 0 Å². The van der Waals surface area contributed by atoms with Crippen LogP contribution in [0.15, 0.2) is 46.5 Å². The molecule has 0 fully saturated rings. The second kappa shape index (κ2) is 7.90. The van der Waals surface area contributed by atoms with Crippen molar-refractivity contribution >= 4 is 18.0 Å². The molecule has 0 aromatic rings. The van der Waals surface area contributed by atoms with Crippen LogP contribution in [0.4, 0.5) is 4.79 Å². The van der Waals surface area contributed by atoms with Gasteiger partial charge >= 0.3 is 18.0 Å². The van der Waals surface area contributed by atoms with E-state index >= 15 is 0 Å². The molecule has 2 aliphatic rings. The summed E-state index contributed by atoms with van der Waals surface area (Å²) in [6.45, 7) is 3.73. The molecule has 1 N–H and O–H groups in total. The van der Waals surface area contributed by atoms with Gasteiger partial charge in [-0.25, -0.2) is 14.4 Å². The molecular weight excluding hydrogens is 340 g/mol. The molecular formula is C18H22N2O6. The lowest BCUT2D eigenvalue weighted by molar-refractivity contribution is -0.137. The fourth-order valence-electron chi connectivity index (χ4n) is 3.06.